The van der Waals surface area contributed by atoms with Crippen LogP contribution in [0.2, 0.25) is 0 Å². The second kappa shape index (κ2) is 8.73. The number of likely N-dealkylation sites (tertiary alicyclic amines) is 1. The van der Waals surface area contributed by atoms with Crippen LogP contribution in [0, 0.1) is 0 Å². The summed E-state index contributed by atoms with van der Waals surface area (Å²) in [7, 11) is 1.38. The highest BCUT2D eigenvalue weighted by atomic mass is 16.5. The van der Waals surface area contributed by atoms with Crippen molar-refractivity contribution in [3.63, 3.8) is 0 Å². The third-order valence-corrected chi connectivity index (χ3v) is 3.60. The summed E-state index contributed by atoms with van der Waals surface area (Å²) >= 11 is 0. The fraction of sp³-hybridized carbons (Fsp3) is 0.733. The van der Waals surface area contributed by atoms with Crippen molar-refractivity contribution in [2.24, 2.45) is 0 Å². The molecule has 0 aromatic carbocycles. The van der Waals surface area contributed by atoms with E-state index < -0.39 is 0 Å². The number of carbonyl (C=O) groups is 2. The van der Waals surface area contributed by atoms with Crippen LogP contribution in [-0.2, 0) is 14.3 Å². The van der Waals surface area contributed by atoms with Gasteiger partial charge in [-0.3, -0.25) is 4.79 Å². The molecule has 0 radical (unpaired) electrons. The second-order valence-corrected chi connectivity index (χ2v) is 5.01. The minimum atomic E-state index is -0.349. The van der Waals surface area contributed by atoms with Crippen molar-refractivity contribution in [3.05, 3.63) is 12.7 Å². The van der Waals surface area contributed by atoms with Gasteiger partial charge in [-0.15, -0.1) is 6.58 Å². The van der Waals surface area contributed by atoms with Crippen LogP contribution in [0.5, 0.6) is 0 Å². The van der Waals surface area contributed by atoms with E-state index in [4.69, 9.17) is 4.74 Å². The first-order chi connectivity index (χ1) is 9.20. The van der Waals surface area contributed by atoms with Crippen LogP contribution in [0.4, 0.5) is 0 Å². The highest BCUT2D eigenvalue weighted by molar-refractivity contribution is 5.85. The van der Waals surface area contributed by atoms with E-state index in [0.717, 1.165) is 44.9 Å². The van der Waals surface area contributed by atoms with Gasteiger partial charge in [0, 0.05) is 13.0 Å². The van der Waals surface area contributed by atoms with Crippen molar-refractivity contribution in [2.45, 2.75) is 57.4 Å². The topological polar surface area (TPSA) is 46.6 Å². The molecule has 19 heavy (non-hydrogen) atoms. The summed E-state index contributed by atoms with van der Waals surface area (Å²) in [4.78, 5) is 25.3. The Morgan fingerprint density at radius 2 is 2.05 bits per heavy atom. The summed E-state index contributed by atoms with van der Waals surface area (Å²) in [5, 5.41) is 0. The van der Waals surface area contributed by atoms with Crippen molar-refractivity contribution in [2.75, 3.05) is 13.7 Å². The SMILES string of the molecule is C=CCCCCCCC(=O)N1CCC[C@H]1C(=O)OC. The van der Waals surface area contributed by atoms with Gasteiger partial charge in [0.05, 0.1) is 7.11 Å². The summed E-state index contributed by atoms with van der Waals surface area (Å²) in [6.45, 7) is 4.38. The normalized spacial score (nSPS) is 18.4. The van der Waals surface area contributed by atoms with Gasteiger partial charge in [-0.1, -0.05) is 18.9 Å². The van der Waals surface area contributed by atoms with Crippen molar-refractivity contribution in [3.8, 4) is 0 Å². The minimum absolute atomic E-state index is 0.0941. The second-order valence-electron chi connectivity index (χ2n) is 5.01. The van der Waals surface area contributed by atoms with E-state index in [9.17, 15) is 9.59 Å². The molecule has 1 amide bonds. The summed E-state index contributed by atoms with van der Waals surface area (Å²) < 4.78 is 4.74. The molecule has 1 aliphatic heterocycles. The molecule has 0 N–H and O–H groups in total. The third-order valence-electron chi connectivity index (χ3n) is 3.60. The van der Waals surface area contributed by atoms with Crippen LogP contribution in [0.3, 0.4) is 0 Å². The molecule has 4 heteroatoms. The molecule has 1 heterocycles. The van der Waals surface area contributed by atoms with Gasteiger partial charge >= 0.3 is 5.97 Å². The minimum Gasteiger partial charge on any atom is -0.467 e. The van der Waals surface area contributed by atoms with E-state index in [1.807, 2.05) is 6.08 Å². The van der Waals surface area contributed by atoms with Gasteiger partial charge in [0.2, 0.25) is 5.91 Å². The molecule has 1 saturated heterocycles. The first-order valence-corrected chi connectivity index (χ1v) is 7.19. The number of amides is 1. The van der Waals surface area contributed by atoms with Gasteiger partial charge in [-0.05, 0) is 32.1 Å². The lowest BCUT2D eigenvalue weighted by Gasteiger charge is -2.22. The predicted molar refractivity (Wildman–Crippen MR) is 74.7 cm³/mol. The number of rotatable bonds is 8. The number of ether oxygens (including phenoxy) is 1. The average molecular weight is 267 g/mol. The molecule has 1 fully saturated rings. The fourth-order valence-corrected chi connectivity index (χ4v) is 2.51. The highest BCUT2D eigenvalue weighted by Gasteiger charge is 2.34. The molecular weight excluding hydrogens is 242 g/mol. The standard InChI is InChI=1S/C15H25NO3/c1-3-4-5-6-7-8-11-14(17)16-12-9-10-13(16)15(18)19-2/h3,13H,1,4-12H2,2H3/t13-/m0/s1. The van der Waals surface area contributed by atoms with Crippen LogP contribution in [0.15, 0.2) is 12.7 Å². The molecule has 0 aromatic rings. The van der Waals surface area contributed by atoms with Crippen LogP contribution >= 0.6 is 0 Å². The van der Waals surface area contributed by atoms with Crippen molar-refractivity contribution in [1.29, 1.82) is 0 Å². The van der Waals surface area contributed by atoms with Gasteiger partial charge in [0.15, 0.2) is 0 Å². The predicted octanol–water partition coefficient (Wildman–Crippen LogP) is 2.68. The van der Waals surface area contributed by atoms with E-state index in [0.29, 0.717) is 13.0 Å². The summed E-state index contributed by atoms with van der Waals surface area (Å²) in [6, 6.07) is -0.349. The number of nitrogens with zero attached hydrogens (tertiary/aromatic N) is 1. The number of hydrogen-bond acceptors (Lipinski definition) is 3. The zero-order chi connectivity index (χ0) is 14.1. The molecule has 4 nitrogen and oxygen atoms in total. The number of esters is 1. The number of methoxy groups -OCH3 is 1. The summed E-state index contributed by atoms with van der Waals surface area (Å²) in [5.74, 6) is -0.187. The van der Waals surface area contributed by atoms with E-state index in [1.54, 1.807) is 4.90 Å². The average Bonchev–Trinajstić information content (AvgIpc) is 2.91. The molecule has 108 valence electrons. The van der Waals surface area contributed by atoms with E-state index in [2.05, 4.69) is 6.58 Å². The Bertz CT molecular complexity index is 315. The molecule has 1 atom stereocenters. The molecule has 0 spiro atoms. The van der Waals surface area contributed by atoms with E-state index in [-0.39, 0.29) is 17.9 Å². The smallest absolute Gasteiger partial charge is 0.328 e. The van der Waals surface area contributed by atoms with Gasteiger partial charge in [0.1, 0.15) is 6.04 Å². The quantitative estimate of drug-likeness (QED) is 0.386. The van der Waals surface area contributed by atoms with Crippen LogP contribution in [0.1, 0.15) is 51.4 Å². The maximum atomic E-state index is 12.1. The number of unbranched alkanes of at least 4 members (excludes halogenated alkanes) is 4. The number of carbonyl (C=O) groups excluding carboxylic acids is 2. The maximum absolute atomic E-state index is 12.1. The van der Waals surface area contributed by atoms with Crippen molar-refractivity contribution < 1.29 is 14.3 Å². The molecule has 1 rings (SSSR count). The Balaban J connectivity index is 2.24. The van der Waals surface area contributed by atoms with Crippen molar-refractivity contribution >= 4 is 11.9 Å². The number of hydrogen-bond donors (Lipinski definition) is 0. The first-order valence-electron chi connectivity index (χ1n) is 7.19. The maximum Gasteiger partial charge on any atom is 0.328 e. The van der Waals surface area contributed by atoms with E-state index >= 15 is 0 Å². The Morgan fingerprint density at radius 1 is 1.32 bits per heavy atom. The lowest BCUT2D eigenvalue weighted by atomic mass is 10.1. The largest absolute Gasteiger partial charge is 0.467 e. The monoisotopic (exact) mass is 267 g/mol. The molecule has 0 saturated carbocycles. The van der Waals surface area contributed by atoms with Crippen molar-refractivity contribution in [1.82, 2.24) is 4.90 Å². The lowest BCUT2D eigenvalue weighted by Crippen LogP contribution is -2.40. The lowest BCUT2D eigenvalue weighted by molar-refractivity contribution is -0.151. The zero-order valence-corrected chi connectivity index (χ0v) is 11.9. The molecule has 0 aromatic heterocycles. The van der Waals surface area contributed by atoms with Crippen LogP contribution < -0.4 is 0 Å². The molecule has 1 aliphatic rings. The highest BCUT2D eigenvalue weighted by Crippen LogP contribution is 2.20. The van der Waals surface area contributed by atoms with Gasteiger partial charge < -0.3 is 9.64 Å². The number of allylic oxidation sites excluding steroid dienone is 1. The summed E-state index contributed by atoms with van der Waals surface area (Å²) in [6.07, 6.45) is 9.40. The summed E-state index contributed by atoms with van der Waals surface area (Å²) in [5.41, 5.74) is 0. The molecule has 0 unspecified atom stereocenters. The van der Waals surface area contributed by atoms with Gasteiger partial charge in [-0.25, -0.2) is 4.79 Å². The molecule has 0 aliphatic carbocycles. The Morgan fingerprint density at radius 3 is 2.74 bits per heavy atom. The van der Waals surface area contributed by atoms with Gasteiger partial charge in [-0.2, -0.15) is 0 Å². The Kier molecular flexibility index (Phi) is 7.23. The first kappa shape index (κ1) is 15.7. The fourth-order valence-electron chi connectivity index (χ4n) is 2.51. The Labute approximate surface area is 115 Å². The Hall–Kier alpha value is -1.32. The third kappa shape index (κ3) is 5.05. The van der Waals surface area contributed by atoms with E-state index in [1.165, 1.54) is 7.11 Å². The zero-order valence-electron chi connectivity index (χ0n) is 11.9. The molecule has 0 bridgehead atoms. The van der Waals surface area contributed by atoms with Gasteiger partial charge in [0.25, 0.3) is 0 Å². The van der Waals surface area contributed by atoms with Crippen LogP contribution in [0.25, 0.3) is 0 Å². The molecular formula is C15H25NO3. The van der Waals surface area contributed by atoms with Crippen LogP contribution in [-0.4, -0.2) is 36.5 Å².